The van der Waals surface area contributed by atoms with Gasteiger partial charge < -0.3 is 10.2 Å². The number of amides is 1. The van der Waals surface area contributed by atoms with Gasteiger partial charge in [0.05, 0.1) is 0 Å². The topological polar surface area (TPSA) is 58.1 Å². The standard InChI is InChI=1S/C21H19FN4O/c22-16-9-6-10-17(13-16)23-19-14-18(21(27)26-11-4-5-12-26)24-20(25-19)15-7-2-1-3-8-15/h1-3,6-10,13-14H,4-5,11-12H2,(H,23,24,25). The summed E-state index contributed by atoms with van der Waals surface area (Å²) in [7, 11) is 0. The number of hydrogen-bond acceptors (Lipinski definition) is 4. The Morgan fingerprint density at radius 2 is 1.74 bits per heavy atom. The van der Waals surface area contributed by atoms with Crippen LogP contribution in [0.25, 0.3) is 11.4 Å². The average Bonchev–Trinajstić information content (AvgIpc) is 3.23. The molecule has 4 rings (SSSR count). The van der Waals surface area contributed by atoms with Gasteiger partial charge in [-0.25, -0.2) is 14.4 Å². The number of aromatic nitrogens is 2. The molecule has 0 atom stereocenters. The molecule has 0 saturated carbocycles. The number of rotatable bonds is 4. The molecule has 5 nitrogen and oxygen atoms in total. The molecule has 6 heteroatoms. The van der Waals surface area contributed by atoms with E-state index in [2.05, 4.69) is 15.3 Å². The zero-order valence-electron chi connectivity index (χ0n) is 14.7. The molecule has 0 spiro atoms. The number of carbonyl (C=O) groups excluding carboxylic acids is 1. The van der Waals surface area contributed by atoms with Crippen LogP contribution in [0.5, 0.6) is 0 Å². The van der Waals surface area contributed by atoms with Gasteiger partial charge in [-0.1, -0.05) is 36.4 Å². The fourth-order valence-electron chi connectivity index (χ4n) is 3.13. The minimum absolute atomic E-state index is 0.102. The Bertz CT molecular complexity index is 955. The van der Waals surface area contributed by atoms with E-state index in [1.807, 2.05) is 35.2 Å². The summed E-state index contributed by atoms with van der Waals surface area (Å²) in [5.41, 5.74) is 1.72. The van der Waals surface area contributed by atoms with Crippen LogP contribution in [0.2, 0.25) is 0 Å². The second kappa shape index (κ2) is 7.53. The molecule has 1 aliphatic heterocycles. The largest absolute Gasteiger partial charge is 0.340 e. The summed E-state index contributed by atoms with van der Waals surface area (Å²) < 4.78 is 13.5. The van der Waals surface area contributed by atoms with Crippen LogP contribution in [0.1, 0.15) is 23.3 Å². The quantitative estimate of drug-likeness (QED) is 0.753. The monoisotopic (exact) mass is 362 g/mol. The van der Waals surface area contributed by atoms with E-state index in [9.17, 15) is 9.18 Å². The molecule has 0 bridgehead atoms. The molecule has 1 fully saturated rings. The fraction of sp³-hybridized carbons (Fsp3) is 0.190. The lowest BCUT2D eigenvalue weighted by Gasteiger charge is -2.16. The van der Waals surface area contributed by atoms with E-state index in [0.29, 0.717) is 23.0 Å². The van der Waals surface area contributed by atoms with Crippen LogP contribution in [-0.4, -0.2) is 33.9 Å². The third kappa shape index (κ3) is 3.95. The molecule has 1 saturated heterocycles. The zero-order valence-corrected chi connectivity index (χ0v) is 14.7. The highest BCUT2D eigenvalue weighted by Crippen LogP contribution is 2.22. The van der Waals surface area contributed by atoms with Crippen molar-refractivity contribution in [2.75, 3.05) is 18.4 Å². The second-order valence-corrected chi connectivity index (χ2v) is 6.46. The van der Waals surface area contributed by atoms with Crippen LogP contribution < -0.4 is 5.32 Å². The highest BCUT2D eigenvalue weighted by molar-refractivity contribution is 5.93. The number of halogens is 1. The van der Waals surface area contributed by atoms with E-state index in [1.54, 1.807) is 18.2 Å². The molecule has 2 heterocycles. The highest BCUT2D eigenvalue weighted by Gasteiger charge is 2.22. The lowest BCUT2D eigenvalue weighted by molar-refractivity contribution is 0.0787. The van der Waals surface area contributed by atoms with Crippen LogP contribution in [0, 0.1) is 5.82 Å². The molecule has 0 radical (unpaired) electrons. The smallest absolute Gasteiger partial charge is 0.272 e. The predicted molar refractivity (Wildman–Crippen MR) is 102 cm³/mol. The molecule has 2 aromatic carbocycles. The van der Waals surface area contributed by atoms with Gasteiger partial charge in [0.25, 0.3) is 5.91 Å². The van der Waals surface area contributed by atoms with Crippen molar-refractivity contribution < 1.29 is 9.18 Å². The Kier molecular flexibility index (Phi) is 4.78. The van der Waals surface area contributed by atoms with Gasteiger partial charge in [-0.3, -0.25) is 4.79 Å². The Morgan fingerprint density at radius 1 is 0.963 bits per heavy atom. The maximum Gasteiger partial charge on any atom is 0.272 e. The van der Waals surface area contributed by atoms with Crippen LogP contribution in [-0.2, 0) is 0 Å². The van der Waals surface area contributed by atoms with Gasteiger partial charge in [-0.05, 0) is 31.0 Å². The zero-order chi connectivity index (χ0) is 18.6. The van der Waals surface area contributed by atoms with E-state index < -0.39 is 0 Å². The van der Waals surface area contributed by atoms with Crippen molar-refractivity contribution in [3.63, 3.8) is 0 Å². The van der Waals surface area contributed by atoms with Crippen molar-refractivity contribution in [2.45, 2.75) is 12.8 Å². The van der Waals surface area contributed by atoms with Gasteiger partial charge in [0.2, 0.25) is 0 Å². The number of anilines is 2. The highest BCUT2D eigenvalue weighted by atomic mass is 19.1. The minimum atomic E-state index is -0.342. The molecule has 1 N–H and O–H groups in total. The molecular formula is C21H19FN4O. The molecule has 27 heavy (non-hydrogen) atoms. The van der Waals surface area contributed by atoms with Crippen LogP contribution in [0.15, 0.2) is 60.7 Å². The van der Waals surface area contributed by atoms with Gasteiger partial charge >= 0.3 is 0 Å². The van der Waals surface area contributed by atoms with E-state index in [-0.39, 0.29) is 11.7 Å². The SMILES string of the molecule is O=C(c1cc(Nc2cccc(F)c2)nc(-c2ccccc2)n1)N1CCCC1. The van der Waals surface area contributed by atoms with Crippen LogP contribution >= 0.6 is 0 Å². The first kappa shape index (κ1) is 17.1. The first-order valence-electron chi connectivity index (χ1n) is 8.95. The number of carbonyl (C=O) groups is 1. The molecule has 1 amide bonds. The summed E-state index contributed by atoms with van der Waals surface area (Å²) in [6, 6.07) is 17.2. The lowest BCUT2D eigenvalue weighted by atomic mass is 10.2. The minimum Gasteiger partial charge on any atom is -0.340 e. The van der Waals surface area contributed by atoms with Crippen molar-refractivity contribution in [3.05, 3.63) is 72.2 Å². The summed E-state index contributed by atoms with van der Waals surface area (Å²) in [4.78, 5) is 23.7. The van der Waals surface area contributed by atoms with Gasteiger partial charge in [-0.2, -0.15) is 0 Å². The summed E-state index contributed by atoms with van der Waals surface area (Å²) in [6.07, 6.45) is 2.02. The van der Waals surface area contributed by atoms with Gasteiger partial charge in [0.1, 0.15) is 17.3 Å². The van der Waals surface area contributed by atoms with E-state index in [0.717, 1.165) is 31.5 Å². The Balaban J connectivity index is 1.73. The third-order valence-corrected chi connectivity index (χ3v) is 4.47. The lowest BCUT2D eigenvalue weighted by Crippen LogP contribution is -2.28. The van der Waals surface area contributed by atoms with Gasteiger partial charge in [0, 0.05) is 30.4 Å². The number of benzene rings is 2. The van der Waals surface area contributed by atoms with Crippen molar-refractivity contribution in [3.8, 4) is 11.4 Å². The summed E-state index contributed by atoms with van der Waals surface area (Å²) in [5, 5.41) is 3.08. The van der Waals surface area contributed by atoms with Crippen molar-refractivity contribution in [1.29, 1.82) is 0 Å². The second-order valence-electron chi connectivity index (χ2n) is 6.46. The van der Waals surface area contributed by atoms with Crippen molar-refractivity contribution >= 4 is 17.4 Å². The van der Waals surface area contributed by atoms with E-state index in [1.165, 1.54) is 12.1 Å². The molecule has 3 aromatic rings. The average molecular weight is 362 g/mol. The molecule has 1 aromatic heterocycles. The Morgan fingerprint density at radius 3 is 2.48 bits per heavy atom. The van der Waals surface area contributed by atoms with Crippen molar-refractivity contribution in [2.24, 2.45) is 0 Å². The molecule has 0 aliphatic carbocycles. The van der Waals surface area contributed by atoms with Gasteiger partial charge in [0.15, 0.2) is 5.82 Å². The number of nitrogens with one attached hydrogen (secondary N) is 1. The molecule has 0 unspecified atom stereocenters. The van der Waals surface area contributed by atoms with Crippen molar-refractivity contribution in [1.82, 2.24) is 14.9 Å². The van der Waals surface area contributed by atoms with Crippen LogP contribution in [0.3, 0.4) is 0 Å². The summed E-state index contributed by atoms with van der Waals surface area (Å²) in [5.74, 6) is 0.469. The molecule has 1 aliphatic rings. The number of nitrogens with zero attached hydrogens (tertiary/aromatic N) is 3. The fourth-order valence-corrected chi connectivity index (χ4v) is 3.13. The summed E-state index contributed by atoms with van der Waals surface area (Å²) >= 11 is 0. The summed E-state index contributed by atoms with van der Waals surface area (Å²) in [6.45, 7) is 1.49. The first-order valence-corrected chi connectivity index (χ1v) is 8.95. The predicted octanol–water partition coefficient (Wildman–Crippen LogP) is 4.26. The first-order chi connectivity index (χ1) is 13.2. The maximum absolute atomic E-state index is 13.5. The third-order valence-electron chi connectivity index (χ3n) is 4.47. The number of likely N-dealkylation sites (tertiary alicyclic amines) is 1. The Labute approximate surface area is 156 Å². The van der Waals surface area contributed by atoms with Gasteiger partial charge in [-0.15, -0.1) is 0 Å². The Hall–Kier alpha value is -3.28. The van der Waals surface area contributed by atoms with E-state index in [4.69, 9.17) is 0 Å². The maximum atomic E-state index is 13.5. The molecular weight excluding hydrogens is 343 g/mol. The number of hydrogen-bond donors (Lipinski definition) is 1. The normalized spacial score (nSPS) is 13.6. The van der Waals surface area contributed by atoms with Crippen LogP contribution in [0.4, 0.5) is 15.9 Å². The molecule has 136 valence electrons. The van der Waals surface area contributed by atoms with E-state index >= 15 is 0 Å².